The van der Waals surface area contributed by atoms with Crippen molar-refractivity contribution in [2.24, 2.45) is 17.6 Å². The highest BCUT2D eigenvalue weighted by Crippen LogP contribution is 2.34. The summed E-state index contributed by atoms with van der Waals surface area (Å²) in [6.07, 6.45) is 9.20. The third-order valence-corrected chi connectivity index (χ3v) is 6.23. The largest absolute Gasteiger partial charge is 0.353 e. The highest BCUT2D eigenvalue weighted by Gasteiger charge is 2.38. The molecular weight excluding hydrogens is 262 g/mol. The average molecular weight is 293 g/mol. The summed E-state index contributed by atoms with van der Waals surface area (Å²) in [5, 5.41) is 3.38. The molecule has 4 nitrogen and oxygen atoms in total. The van der Waals surface area contributed by atoms with Crippen LogP contribution in [0.4, 0.5) is 0 Å². The van der Waals surface area contributed by atoms with Gasteiger partial charge in [-0.3, -0.25) is 4.79 Å². The minimum atomic E-state index is 0.185. The predicted molar refractivity (Wildman–Crippen MR) is 84.8 cm³/mol. The molecule has 21 heavy (non-hydrogen) atoms. The Morgan fingerprint density at radius 3 is 2.38 bits per heavy atom. The number of nitrogens with zero attached hydrogens (tertiary/aromatic N) is 1. The molecule has 2 bridgehead atoms. The highest BCUT2D eigenvalue weighted by atomic mass is 16.2. The molecule has 120 valence electrons. The molecule has 0 spiro atoms. The van der Waals surface area contributed by atoms with E-state index in [0.29, 0.717) is 36.0 Å². The zero-order valence-electron chi connectivity index (χ0n) is 13.6. The third-order valence-electron chi connectivity index (χ3n) is 6.23. The smallest absolute Gasteiger partial charge is 0.223 e. The van der Waals surface area contributed by atoms with Gasteiger partial charge in [0.05, 0.1) is 0 Å². The second-order valence-corrected chi connectivity index (χ2v) is 7.74. The molecule has 0 radical (unpaired) electrons. The molecule has 0 aromatic carbocycles. The summed E-state index contributed by atoms with van der Waals surface area (Å²) in [6, 6.07) is 2.05. The van der Waals surface area contributed by atoms with E-state index in [-0.39, 0.29) is 5.92 Å². The molecule has 5 atom stereocenters. The fraction of sp³-hybridized carbons (Fsp3) is 0.941. The molecule has 1 amide bonds. The molecule has 2 heterocycles. The molecule has 3 fully saturated rings. The van der Waals surface area contributed by atoms with Crippen molar-refractivity contribution >= 4 is 5.91 Å². The lowest BCUT2D eigenvalue weighted by molar-refractivity contribution is -0.129. The first-order chi connectivity index (χ1) is 10.0. The van der Waals surface area contributed by atoms with Crippen molar-refractivity contribution in [2.45, 2.75) is 82.5 Å². The van der Waals surface area contributed by atoms with Gasteiger partial charge < -0.3 is 16.0 Å². The van der Waals surface area contributed by atoms with Crippen LogP contribution in [-0.4, -0.2) is 42.0 Å². The van der Waals surface area contributed by atoms with E-state index in [1.807, 2.05) is 0 Å². The summed E-state index contributed by atoms with van der Waals surface area (Å²) in [7, 11) is 2.26. The van der Waals surface area contributed by atoms with Crippen LogP contribution in [0.15, 0.2) is 0 Å². The molecule has 3 rings (SSSR count). The van der Waals surface area contributed by atoms with Crippen molar-refractivity contribution < 1.29 is 4.79 Å². The second-order valence-electron chi connectivity index (χ2n) is 7.74. The van der Waals surface area contributed by atoms with Gasteiger partial charge in [-0.25, -0.2) is 0 Å². The highest BCUT2D eigenvalue weighted by molar-refractivity contribution is 5.79. The van der Waals surface area contributed by atoms with Crippen molar-refractivity contribution in [2.75, 3.05) is 7.05 Å². The molecule has 2 saturated heterocycles. The minimum absolute atomic E-state index is 0.185. The van der Waals surface area contributed by atoms with Crippen LogP contribution in [0.25, 0.3) is 0 Å². The molecule has 4 heteroatoms. The van der Waals surface area contributed by atoms with Crippen LogP contribution in [0.2, 0.25) is 0 Å². The van der Waals surface area contributed by atoms with Crippen LogP contribution in [0, 0.1) is 11.8 Å². The van der Waals surface area contributed by atoms with Crippen molar-refractivity contribution in [1.29, 1.82) is 0 Å². The van der Waals surface area contributed by atoms with Gasteiger partial charge in [-0.05, 0) is 57.9 Å². The van der Waals surface area contributed by atoms with Crippen LogP contribution in [0.3, 0.4) is 0 Å². The van der Waals surface area contributed by atoms with Gasteiger partial charge in [0.15, 0.2) is 0 Å². The van der Waals surface area contributed by atoms with Crippen LogP contribution in [0.1, 0.15) is 58.3 Å². The molecular formula is C17H31N3O. The molecule has 1 saturated carbocycles. The van der Waals surface area contributed by atoms with E-state index in [0.717, 1.165) is 32.1 Å². The normalized spacial score (nSPS) is 44.3. The van der Waals surface area contributed by atoms with Crippen LogP contribution >= 0.6 is 0 Å². The van der Waals surface area contributed by atoms with Gasteiger partial charge in [0, 0.05) is 30.1 Å². The number of rotatable bonds is 2. The summed E-state index contributed by atoms with van der Waals surface area (Å²) >= 11 is 0. The summed E-state index contributed by atoms with van der Waals surface area (Å²) in [6.45, 7) is 2.19. The molecule has 1 aliphatic carbocycles. The summed E-state index contributed by atoms with van der Waals surface area (Å²) in [5.41, 5.74) is 6.01. The number of hydrogen-bond donors (Lipinski definition) is 2. The average Bonchev–Trinajstić information content (AvgIpc) is 2.39. The third kappa shape index (κ3) is 3.26. The number of nitrogens with one attached hydrogen (secondary N) is 1. The number of carbonyl (C=O) groups excluding carboxylic acids is 1. The van der Waals surface area contributed by atoms with E-state index in [1.165, 1.54) is 19.3 Å². The topological polar surface area (TPSA) is 58.4 Å². The van der Waals surface area contributed by atoms with Gasteiger partial charge in [0.25, 0.3) is 0 Å². The Morgan fingerprint density at radius 1 is 1.10 bits per heavy atom. The maximum Gasteiger partial charge on any atom is 0.223 e. The van der Waals surface area contributed by atoms with E-state index in [1.54, 1.807) is 0 Å². The Hall–Kier alpha value is -0.610. The number of amides is 1. The number of piperidine rings is 2. The molecule has 3 N–H and O–H groups in total. The standard InChI is InChI=1S/C17H31N3O/c1-11-8-12(18)6-7-16(11)17(21)19-13-9-14-4-3-5-15(10-13)20(14)2/h11-16H,3-10,18H2,1-2H3,(H,19,21). The van der Waals surface area contributed by atoms with E-state index < -0.39 is 0 Å². The van der Waals surface area contributed by atoms with Crippen molar-refractivity contribution in [1.82, 2.24) is 10.2 Å². The number of nitrogens with two attached hydrogens (primary N) is 1. The van der Waals surface area contributed by atoms with Gasteiger partial charge in [-0.2, -0.15) is 0 Å². The first kappa shape index (κ1) is 15.3. The van der Waals surface area contributed by atoms with Gasteiger partial charge in [-0.1, -0.05) is 13.3 Å². The number of fused-ring (bicyclic) bond motifs is 2. The maximum absolute atomic E-state index is 12.6. The predicted octanol–water partition coefficient (Wildman–Crippen LogP) is 1.88. The lowest BCUT2D eigenvalue weighted by Crippen LogP contribution is -2.56. The Kier molecular flexibility index (Phi) is 4.55. The first-order valence-corrected chi connectivity index (χ1v) is 8.82. The van der Waals surface area contributed by atoms with Crippen LogP contribution in [0.5, 0.6) is 0 Å². The van der Waals surface area contributed by atoms with E-state index in [9.17, 15) is 4.79 Å². The lowest BCUT2D eigenvalue weighted by atomic mass is 9.77. The van der Waals surface area contributed by atoms with E-state index in [4.69, 9.17) is 5.73 Å². The van der Waals surface area contributed by atoms with Gasteiger partial charge >= 0.3 is 0 Å². The van der Waals surface area contributed by atoms with Crippen molar-refractivity contribution in [3.8, 4) is 0 Å². The fourth-order valence-electron chi connectivity index (χ4n) is 4.87. The zero-order valence-corrected chi connectivity index (χ0v) is 13.6. The molecule has 3 aliphatic rings. The number of carbonyl (C=O) groups is 1. The Bertz CT molecular complexity index is 372. The molecule has 5 unspecified atom stereocenters. The van der Waals surface area contributed by atoms with Gasteiger partial charge in [0.1, 0.15) is 0 Å². The Morgan fingerprint density at radius 2 is 1.76 bits per heavy atom. The van der Waals surface area contributed by atoms with Crippen molar-refractivity contribution in [3.05, 3.63) is 0 Å². The van der Waals surface area contributed by atoms with Crippen LogP contribution in [-0.2, 0) is 4.79 Å². The summed E-state index contributed by atoms with van der Waals surface area (Å²) < 4.78 is 0. The maximum atomic E-state index is 12.6. The Balaban J connectivity index is 1.55. The molecule has 2 aliphatic heterocycles. The number of hydrogen-bond acceptors (Lipinski definition) is 3. The quantitative estimate of drug-likeness (QED) is 0.817. The summed E-state index contributed by atoms with van der Waals surface area (Å²) in [5.74, 6) is 0.908. The van der Waals surface area contributed by atoms with E-state index >= 15 is 0 Å². The Labute approximate surface area is 128 Å². The van der Waals surface area contributed by atoms with Gasteiger partial charge in [0.2, 0.25) is 5.91 Å². The molecule has 0 aromatic rings. The van der Waals surface area contributed by atoms with E-state index in [2.05, 4.69) is 24.2 Å². The minimum Gasteiger partial charge on any atom is -0.353 e. The monoisotopic (exact) mass is 293 g/mol. The van der Waals surface area contributed by atoms with Crippen molar-refractivity contribution in [3.63, 3.8) is 0 Å². The summed E-state index contributed by atoms with van der Waals surface area (Å²) in [4.78, 5) is 15.2. The first-order valence-electron chi connectivity index (χ1n) is 8.82. The second kappa shape index (κ2) is 6.25. The lowest BCUT2D eigenvalue weighted by Gasteiger charge is -2.47. The zero-order chi connectivity index (χ0) is 15.0. The molecule has 0 aromatic heterocycles. The SMILES string of the molecule is CC1CC(N)CCC1C(=O)NC1CC2CCCC(C1)N2C. The fourth-order valence-corrected chi connectivity index (χ4v) is 4.87. The van der Waals surface area contributed by atoms with Crippen LogP contribution < -0.4 is 11.1 Å². The van der Waals surface area contributed by atoms with Gasteiger partial charge in [-0.15, -0.1) is 0 Å².